The summed E-state index contributed by atoms with van der Waals surface area (Å²) in [6, 6.07) is 11.8. The van der Waals surface area contributed by atoms with Gasteiger partial charge in [0.25, 0.3) is 5.91 Å². The SMILES string of the molecule is O=C(CN1CSCC1=O)Nc1ccccc1C(=O)Nc1ccc2c(c1)OCO2. The fraction of sp³-hybridized carbons (Fsp3) is 0.211. The van der Waals surface area contributed by atoms with Crippen molar-refractivity contribution in [2.45, 2.75) is 0 Å². The molecule has 2 N–H and O–H groups in total. The van der Waals surface area contributed by atoms with Crippen LogP contribution < -0.4 is 20.1 Å². The predicted molar refractivity (Wildman–Crippen MR) is 105 cm³/mol. The molecule has 8 nitrogen and oxygen atoms in total. The van der Waals surface area contributed by atoms with Crippen molar-refractivity contribution in [1.82, 2.24) is 4.90 Å². The Morgan fingerprint density at radius 2 is 1.89 bits per heavy atom. The Morgan fingerprint density at radius 3 is 2.71 bits per heavy atom. The molecule has 0 spiro atoms. The van der Waals surface area contributed by atoms with Crippen LogP contribution >= 0.6 is 11.8 Å². The molecule has 4 rings (SSSR count). The Hall–Kier alpha value is -3.20. The molecule has 0 unspecified atom stereocenters. The number of nitrogens with zero attached hydrogens (tertiary/aromatic N) is 1. The number of carbonyl (C=O) groups excluding carboxylic acids is 3. The lowest BCUT2D eigenvalue weighted by Gasteiger charge is -2.16. The molecule has 2 aromatic carbocycles. The number of anilines is 2. The Morgan fingerprint density at radius 1 is 1.07 bits per heavy atom. The summed E-state index contributed by atoms with van der Waals surface area (Å²) in [6.07, 6.45) is 0. The van der Waals surface area contributed by atoms with Crippen LogP contribution in [-0.2, 0) is 9.59 Å². The maximum atomic E-state index is 12.7. The van der Waals surface area contributed by atoms with Crippen molar-refractivity contribution < 1.29 is 23.9 Å². The topological polar surface area (TPSA) is 97.0 Å². The summed E-state index contributed by atoms with van der Waals surface area (Å²) in [4.78, 5) is 38.2. The van der Waals surface area contributed by atoms with Crippen molar-refractivity contribution in [3.8, 4) is 11.5 Å². The molecule has 0 radical (unpaired) electrons. The van der Waals surface area contributed by atoms with E-state index in [1.165, 1.54) is 16.7 Å². The number of hydrogen-bond donors (Lipinski definition) is 2. The minimum Gasteiger partial charge on any atom is -0.454 e. The smallest absolute Gasteiger partial charge is 0.257 e. The lowest BCUT2D eigenvalue weighted by atomic mass is 10.1. The zero-order chi connectivity index (χ0) is 19.5. The van der Waals surface area contributed by atoms with E-state index in [4.69, 9.17) is 9.47 Å². The first kappa shape index (κ1) is 18.2. The first-order valence-electron chi connectivity index (χ1n) is 8.55. The summed E-state index contributed by atoms with van der Waals surface area (Å²) in [7, 11) is 0. The van der Waals surface area contributed by atoms with Crippen LogP contribution in [-0.4, -0.2) is 47.6 Å². The highest BCUT2D eigenvalue weighted by Gasteiger charge is 2.23. The van der Waals surface area contributed by atoms with Gasteiger partial charge in [-0.25, -0.2) is 0 Å². The van der Waals surface area contributed by atoms with E-state index in [2.05, 4.69) is 10.6 Å². The van der Waals surface area contributed by atoms with Gasteiger partial charge in [-0.05, 0) is 24.3 Å². The minimum atomic E-state index is -0.373. The second-order valence-electron chi connectivity index (χ2n) is 6.19. The molecular weight excluding hydrogens is 382 g/mol. The Labute approximate surface area is 165 Å². The van der Waals surface area contributed by atoms with Gasteiger partial charge in [0.2, 0.25) is 18.6 Å². The highest BCUT2D eigenvalue weighted by molar-refractivity contribution is 8.00. The van der Waals surface area contributed by atoms with Gasteiger partial charge in [0.15, 0.2) is 11.5 Å². The molecule has 2 aliphatic heterocycles. The molecular formula is C19H17N3O5S. The van der Waals surface area contributed by atoms with E-state index >= 15 is 0 Å². The molecule has 2 aromatic rings. The molecule has 0 saturated carbocycles. The van der Waals surface area contributed by atoms with E-state index in [0.29, 0.717) is 40.1 Å². The van der Waals surface area contributed by atoms with Crippen LogP contribution in [0.25, 0.3) is 0 Å². The number of carbonyl (C=O) groups is 3. The summed E-state index contributed by atoms with van der Waals surface area (Å²) in [5.74, 6) is 1.30. The number of benzene rings is 2. The van der Waals surface area contributed by atoms with Crippen molar-refractivity contribution in [2.75, 3.05) is 35.6 Å². The Kier molecular flexibility index (Phi) is 5.07. The molecule has 144 valence electrons. The molecule has 2 heterocycles. The van der Waals surface area contributed by atoms with Gasteiger partial charge in [-0.15, -0.1) is 11.8 Å². The van der Waals surface area contributed by atoms with E-state index in [9.17, 15) is 14.4 Å². The largest absolute Gasteiger partial charge is 0.454 e. The van der Waals surface area contributed by atoms with Crippen LogP contribution in [0.2, 0.25) is 0 Å². The number of ether oxygens (including phenoxy) is 2. The van der Waals surface area contributed by atoms with Crippen LogP contribution in [0.5, 0.6) is 11.5 Å². The third-order valence-corrected chi connectivity index (χ3v) is 5.18. The first-order valence-corrected chi connectivity index (χ1v) is 9.71. The summed E-state index contributed by atoms with van der Waals surface area (Å²) in [5.41, 5.74) is 1.25. The molecule has 0 bridgehead atoms. The second-order valence-corrected chi connectivity index (χ2v) is 7.14. The standard InChI is InChI=1S/C19H17N3O5S/c23-17(8-22-10-28-9-18(22)24)21-14-4-2-1-3-13(14)19(25)20-12-5-6-15-16(7-12)27-11-26-15/h1-7H,8-11H2,(H,20,25)(H,21,23). The van der Waals surface area contributed by atoms with E-state index < -0.39 is 0 Å². The van der Waals surface area contributed by atoms with E-state index in [-0.39, 0.29) is 31.1 Å². The van der Waals surface area contributed by atoms with E-state index in [1.54, 1.807) is 42.5 Å². The second kappa shape index (κ2) is 7.81. The first-order chi connectivity index (χ1) is 13.6. The van der Waals surface area contributed by atoms with Gasteiger partial charge in [-0.1, -0.05) is 12.1 Å². The van der Waals surface area contributed by atoms with Crippen molar-refractivity contribution in [2.24, 2.45) is 0 Å². The third kappa shape index (κ3) is 3.89. The normalized spacial score (nSPS) is 14.9. The van der Waals surface area contributed by atoms with E-state index in [0.717, 1.165) is 0 Å². The third-order valence-electron chi connectivity index (χ3n) is 4.24. The molecule has 28 heavy (non-hydrogen) atoms. The van der Waals surface area contributed by atoms with Gasteiger partial charge in [0.1, 0.15) is 6.54 Å². The molecule has 0 aromatic heterocycles. The highest BCUT2D eigenvalue weighted by atomic mass is 32.2. The summed E-state index contributed by atoms with van der Waals surface area (Å²) in [5, 5.41) is 5.51. The Balaban J connectivity index is 1.45. The van der Waals surface area contributed by atoms with Gasteiger partial charge < -0.3 is 25.0 Å². The number of amides is 3. The maximum Gasteiger partial charge on any atom is 0.257 e. The predicted octanol–water partition coefficient (Wildman–Crippen LogP) is 2.14. The highest BCUT2D eigenvalue weighted by Crippen LogP contribution is 2.34. The van der Waals surface area contributed by atoms with Crippen molar-refractivity contribution >= 4 is 40.9 Å². The lowest BCUT2D eigenvalue weighted by Crippen LogP contribution is -2.34. The van der Waals surface area contributed by atoms with Gasteiger partial charge in [0, 0.05) is 11.8 Å². The molecule has 0 atom stereocenters. The quantitative estimate of drug-likeness (QED) is 0.800. The zero-order valence-electron chi connectivity index (χ0n) is 14.8. The van der Waals surface area contributed by atoms with Gasteiger partial charge in [-0.3, -0.25) is 14.4 Å². The number of rotatable bonds is 5. The number of thioether (sulfide) groups is 1. The summed E-state index contributed by atoms with van der Waals surface area (Å²) >= 11 is 1.47. The molecule has 1 fully saturated rings. The van der Waals surface area contributed by atoms with E-state index in [1.807, 2.05) is 0 Å². The molecule has 9 heteroatoms. The molecule has 1 saturated heterocycles. The number of fused-ring (bicyclic) bond motifs is 1. The van der Waals surface area contributed by atoms with Crippen molar-refractivity contribution in [3.63, 3.8) is 0 Å². The zero-order valence-corrected chi connectivity index (χ0v) is 15.6. The fourth-order valence-electron chi connectivity index (χ4n) is 2.87. The maximum absolute atomic E-state index is 12.7. The van der Waals surface area contributed by atoms with Gasteiger partial charge in [0.05, 0.1) is 22.9 Å². The summed E-state index contributed by atoms with van der Waals surface area (Å²) in [6.45, 7) is 0.115. The average molecular weight is 399 g/mol. The van der Waals surface area contributed by atoms with Crippen LogP contribution in [0, 0.1) is 0 Å². The number of para-hydroxylation sites is 1. The van der Waals surface area contributed by atoms with Crippen LogP contribution in [0.3, 0.4) is 0 Å². The van der Waals surface area contributed by atoms with Crippen LogP contribution in [0.15, 0.2) is 42.5 Å². The molecule has 3 amide bonds. The summed E-state index contributed by atoms with van der Waals surface area (Å²) < 4.78 is 10.6. The van der Waals surface area contributed by atoms with Crippen LogP contribution in [0.1, 0.15) is 10.4 Å². The monoisotopic (exact) mass is 399 g/mol. The Bertz CT molecular complexity index is 949. The van der Waals surface area contributed by atoms with Gasteiger partial charge in [-0.2, -0.15) is 0 Å². The average Bonchev–Trinajstić information content (AvgIpc) is 3.30. The number of hydrogen-bond acceptors (Lipinski definition) is 6. The van der Waals surface area contributed by atoms with Crippen LogP contribution in [0.4, 0.5) is 11.4 Å². The van der Waals surface area contributed by atoms with Crippen molar-refractivity contribution in [1.29, 1.82) is 0 Å². The fourth-order valence-corrected chi connectivity index (χ4v) is 3.77. The molecule has 0 aliphatic carbocycles. The minimum absolute atomic E-state index is 0.0378. The molecule has 2 aliphatic rings. The van der Waals surface area contributed by atoms with Gasteiger partial charge >= 0.3 is 0 Å². The van der Waals surface area contributed by atoms with Crippen molar-refractivity contribution in [3.05, 3.63) is 48.0 Å². The number of nitrogens with one attached hydrogen (secondary N) is 2. The lowest BCUT2D eigenvalue weighted by molar-refractivity contribution is -0.130.